The lowest BCUT2D eigenvalue weighted by Gasteiger charge is -2.16. The molecule has 2 heterocycles. The van der Waals surface area contributed by atoms with E-state index in [1.807, 2.05) is 0 Å². The molecule has 0 spiro atoms. The van der Waals surface area contributed by atoms with Crippen LogP contribution in [0.4, 0.5) is 0 Å². The molecule has 1 heteroatoms. The molecule has 0 aliphatic carbocycles. The Balaban J connectivity index is 2.01. The molecule has 2 bridgehead atoms. The predicted molar refractivity (Wildman–Crippen MR) is 38.0 cm³/mol. The molecule has 1 radical (unpaired) electrons. The predicted octanol–water partition coefficient (Wildman–Crippen LogP) is 1.35. The summed E-state index contributed by atoms with van der Waals surface area (Å²) in [5.41, 5.74) is 0. The molecule has 1 N–H and O–H groups in total. The summed E-state index contributed by atoms with van der Waals surface area (Å²) < 4.78 is 0. The van der Waals surface area contributed by atoms with Crippen LogP contribution in [0.2, 0.25) is 0 Å². The summed E-state index contributed by atoms with van der Waals surface area (Å²) in [7, 11) is 0. The van der Waals surface area contributed by atoms with Gasteiger partial charge in [-0.15, -0.1) is 0 Å². The zero-order chi connectivity index (χ0) is 6.27. The van der Waals surface area contributed by atoms with Crippen molar-refractivity contribution in [1.29, 1.82) is 0 Å². The summed E-state index contributed by atoms with van der Waals surface area (Å²) in [6.07, 6.45) is 6.60. The summed E-state index contributed by atoms with van der Waals surface area (Å²) in [5.74, 6) is 0.892. The Hall–Kier alpha value is -0.0400. The topological polar surface area (TPSA) is 12.0 Å². The van der Waals surface area contributed by atoms with Gasteiger partial charge in [0, 0.05) is 12.1 Å². The van der Waals surface area contributed by atoms with Crippen molar-refractivity contribution < 1.29 is 0 Å². The Morgan fingerprint density at radius 1 is 1.44 bits per heavy atom. The van der Waals surface area contributed by atoms with Crippen LogP contribution >= 0.6 is 0 Å². The lowest BCUT2D eigenvalue weighted by atomic mass is 9.87. The van der Waals surface area contributed by atoms with Crippen LogP contribution in [0.25, 0.3) is 0 Å². The lowest BCUT2D eigenvalue weighted by molar-refractivity contribution is 0.455. The second-order valence-corrected chi connectivity index (χ2v) is 3.28. The molecule has 0 saturated carbocycles. The average molecular weight is 124 g/mol. The summed E-state index contributed by atoms with van der Waals surface area (Å²) in [6.45, 7) is 2.19. The van der Waals surface area contributed by atoms with Gasteiger partial charge in [-0.1, -0.05) is 6.92 Å². The van der Waals surface area contributed by atoms with Gasteiger partial charge in [0.2, 0.25) is 0 Å². The molecular formula is C8H14N. The minimum absolute atomic E-state index is 0.847. The van der Waals surface area contributed by atoms with Gasteiger partial charge < -0.3 is 5.32 Å². The van der Waals surface area contributed by atoms with E-state index in [1.54, 1.807) is 0 Å². The molecule has 0 aromatic rings. The molecule has 0 aromatic carbocycles. The molecule has 9 heavy (non-hydrogen) atoms. The maximum Gasteiger partial charge on any atom is 0.0102 e. The standard InChI is InChI=1S/C8H14N/c1-2-6-5-7-3-4-8(6)9-7/h2,6-9H,3-5H2,1H3. The van der Waals surface area contributed by atoms with Crippen LogP contribution < -0.4 is 5.32 Å². The van der Waals surface area contributed by atoms with E-state index in [2.05, 4.69) is 18.7 Å². The molecule has 51 valence electrons. The van der Waals surface area contributed by atoms with Gasteiger partial charge in [-0.25, -0.2) is 0 Å². The van der Waals surface area contributed by atoms with E-state index in [0.717, 1.165) is 18.0 Å². The lowest BCUT2D eigenvalue weighted by Crippen LogP contribution is -2.22. The zero-order valence-electron chi connectivity index (χ0n) is 5.93. The third kappa shape index (κ3) is 0.787. The first-order valence-electron chi connectivity index (χ1n) is 3.95. The third-order valence-corrected chi connectivity index (χ3v) is 2.78. The number of fused-ring (bicyclic) bond motifs is 2. The van der Waals surface area contributed by atoms with E-state index < -0.39 is 0 Å². The maximum atomic E-state index is 3.60. The second-order valence-electron chi connectivity index (χ2n) is 3.28. The molecule has 0 amide bonds. The molecule has 3 unspecified atom stereocenters. The first-order valence-corrected chi connectivity index (χ1v) is 3.95. The van der Waals surface area contributed by atoms with Crippen LogP contribution in [0.15, 0.2) is 0 Å². The van der Waals surface area contributed by atoms with Crippen LogP contribution in [0, 0.1) is 12.3 Å². The highest BCUT2D eigenvalue weighted by atomic mass is 15.0. The number of hydrogen-bond donors (Lipinski definition) is 1. The van der Waals surface area contributed by atoms with Gasteiger partial charge in [0.25, 0.3) is 0 Å². The fraction of sp³-hybridized carbons (Fsp3) is 0.875. The van der Waals surface area contributed by atoms with E-state index in [4.69, 9.17) is 0 Å². The fourth-order valence-corrected chi connectivity index (χ4v) is 2.23. The third-order valence-electron chi connectivity index (χ3n) is 2.78. The normalized spacial score (nSPS) is 48.3. The van der Waals surface area contributed by atoms with Gasteiger partial charge in [-0.3, -0.25) is 0 Å². The Kier molecular flexibility index (Phi) is 1.26. The quantitative estimate of drug-likeness (QED) is 0.556. The van der Waals surface area contributed by atoms with Crippen LogP contribution in [-0.4, -0.2) is 12.1 Å². The highest BCUT2D eigenvalue weighted by Crippen LogP contribution is 2.34. The minimum atomic E-state index is 0.847. The summed E-state index contributed by atoms with van der Waals surface area (Å²) in [4.78, 5) is 0. The van der Waals surface area contributed by atoms with Crippen molar-refractivity contribution in [3.63, 3.8) is 0 Å². The summed E-state index contributed by atoms with van der Waals surface area (Å²) >= 11 is 0. The van der Waals surface area contributed by atoms with Gasteiger partial charge in [0.05, 0.1) is 0 Å². The molecule has 2 fully saturated rings. The van der Waals surface area contributed by atoms with E-state index in [9.17, 15) is 0 Å². The molecular weight excluding hydrogens is 110 g/mol. The van der Waals surface area contributed by atoms with Gasteiger partial charge in [0.1, 0.15) is 0 Å². The van der Waals surface area contributed by atoms with Crippen molar-refractivity contribution in [2.24, 2.45) is 5.92 Å². The SMILES string of the molecule is C[CH]C1CC2CCC1N2. The van der Waals surface area contributed by atoms with E-state index in [0.29, 0.717) is 0 Å². The van der Waals surface area contributed by atoms with Crippen molar-refractivity contribution in [2.75, 3.05) is 0 Å². The zero-order valence-corrected chi connectivity index (χ0v) is 5.93. The summed E-state index contributed by atoms with van der Waals surface area (Å²) in [5, 5.41) is 3.60. The highest BCUT2D eigenvalue weighted by Gasteiger charge is 2.37. The van der Waals surface area contributed by atoms with Crippen molar-refractivity contribution in [1.82, 2.24) is 5.32 Å². The van der Waals surface area contributed by atoms with Gasteiger partial charge in [0.15, 0.2) is 0 Å². The van der Waals surface area contributed by atoms with E-state index in [1.165, 1.54) is 19.3 Å². The van der Waals surface area contributed by atoms with Gasteiger partial charge in [-0.2, -0.15) is 0 Å². The smallest absolute Gasteiger partial charge is 0.0102 e. The molecule has 0 aromatic heterocycles. The first kappa shape index (κ1) is 5.72. The molecule has 3 atom stereocenters. The van der Waals surface area contributed by atoms with Crippen LogP contribution in [0.1, 0.15) is 26.2 Å². The Morgan fingerprint density at radius 3 is 2.67 bits per heavy atom. The Morgan fingerprint density at radius 2 is 2.33 bits per heavy atom. The van der Waals surface area contributed by atoms with Crippen molar-refractivity contribution in [3.8, 4) is 0 Å². The molecule has 2 aliphatic heterocycles. The monoisotopic (exact) mass is 124 g/mol. The highest BCUT2D eigenvalue weighted by molar-refractivity contribution is 5.00. The first-order chi connectivity index (χ1) is 4.40. The maximum absolute atomic E-state index is 3.60. The minimum Gasteiger partial charge on any atom is -0.311 e. The number of hydrogen-bond acceptors (Lipinski definition) is 1. The number of rotatable bonds is 1. The van der Waals surface area contributed by atoms with E-state index in [-0.39, 0.29) is 0 Å². The van der Waals surface area contributed by atoms with Gasteiger partial charge in [-0.05, 0) is 31.6 Å². The average Bonchev–Trinajstić information content (AvgIpc) is 2.45. The molecule has 2 saturated heterocycles. The van der Waals surface area contributed by atoms with Gasteiger partial charge >= 0.3 is 0 Å². The van der Waals surface area contributed by atoms with Crippen LogP contribution in [0.5, 0.6) is 0 Å². The van der Waals surface area contributed by atoms with Crippen molar-refractivity contribution in [2.45, 2.75) is 38.3 Å². The van der Waals surface area contributed by atoms with Crippen LogP contribution in [-0.2, 0) is 0 Å². The Labute approximate surface area is 56.8 Å². The molecule has 2 aliphatic rings. The second kappa shape index (κ2) is 1.98. The van der Waals surface area contributed by atoms with E-state index >= 15 is 0 Å². The largest absolute Gasteiger partial charge is 0.311 e. The fourth-order valence-electron chi connectivity index (χ4n) is 2.23. The molecule has 1 nitrogen and oxygen atoms in total. The van der Waals surface area contributed by atoms with Crippen molar-refractivity contribution >= 4 is 0 Å². The summed E-state index contributed by atoms with van der Waals surface area (Å²) in [6, 6.07) is 1.72. The van der Waals surface area contributed by atoms with Crippen molar-refractivity contribution in [3.05, 3.63) is 6.42 Å². The Bertz CT molecular complexity index is 111. The van der Waals surface area contributed by atoms with Crippen LogP contribution in [0.3, 0.4) is 0 Å². The number of nitrogens with one attached hydrogen (secondary N) is 1. The molecule has 2 rings (SSSR count).